The zero-order chi connectivity index (χ0) is 12.8. The number of nitrogens with one attached hydrogen (secondary N) is 1. The van der Waals surface area contributed by atoms with Gasteiger partial charge in [-0.1, -0.05) is 49.4 Å². The number of hydrogen-bond acceptors (Lipinski definition) is 2. The van der Waals surface area contributed by atoms with E-state index in [1.165, 1.54) is 5.56 Å². The summed E-state index contributed by atoms with van der Waals surface area (Å²) in [6, 6.07) is 18.9. The molecule has 0 aliphatic carbocycles. The molecular weight excluding hydrogens is 220 g/mol. The fourth-order valence-corrected chi connectivity index (χ4v) is 1.93. The molecule has 2 aromatic rings. The van der Waals surface area contributed by atoms with Crippen LogP contribution in [0.4, 0.5) is 5.69 Å². The van der Waals surface area contributed by atoms with Gasteiger partial charge in [-0.15, -0.1) is 0 Å². The largest absolute Gasteiger partial charge is 0.384 e. The van der Waals surface area contributed by atoms with Crippen LogP contribution in [-0.4, -0.2) is 6.54 Å². The van der Waals surface area contributed by atoms with Gasteiger partial charge in [-0.05, 0) is 29.2 Å². The maximum Gasteiger partial charge on any atom is 0.0340 e. The summed E-state index contributed by atoms with van der Waals surface area (Å²) < 4.78 is 0. The van der Waals surface area contributed by atoms with Gasteiger partial charge in [-0.3, -0.25) is 0 Å². The Morgan fingerprint density at radius 1 is 1.00 bits per heavy atom. The summed E-state index contributed by atoms with van der Waals surface area (Å²) in [6.45, 7) is 3.77. The van der Waals surface area contributed by atoms with E-state index in [4.69, 9.17) is 5.73 Å². The van der Waals surface area contributed by atoms with Crippen molar-refractivity contribution >= 4 is 5.69 Å². The molecule has 0 heterocycles. The van der Waals surface area contributed by atoms with E-state index in [1.807, 2.05) is 0 Å². The Morgan fingerprint density at radius 2 is 1.67 bits per heavy atom. The second kappa shape index (κ2) is 6.22. The molecule has 0 spiro atoms. The van der Waals surface area contributed by atoms with Crippen molar-refractivity contribution in [2.75, 3.05) is 11.9 Å². The van der Waals surface area contributed by atoms with Crippen molar-refractivity contribution in [1.82, 2.24) is 0 Å². The summed E-state index contributed by atoms with van der Waals surface area (Å²) in [5.74, 6) is 0.500. The predicted octanol–water partition coefficient (Wildman–Crippen LogP) is 3.36. The fourth-order valence-electron chi connectivity index (χ4n) is 1.93. The maximum atomic E-state index is 5.58. The zero-order valence-corrected chi connectivity index (χ0v) is 10.8. The molecule has 1 unspecified atom stereocenters. The summed E-state index contributed by atoms with van der Waals surface area (Å²) >= 11 is 0. The van der Waals surface area contributed by atoms with Crippen LogP contribution in [-0.2, 0) is 6.54 Å². The maximum absolute atomic E-state index is 5.58. The Labute approximate surface area is 109 Å². The molecular formula is C16H20N2. The molecule has 2 rings (SSSR count). The normalized spacial score (nSPS) is 12.1. The van der Waals surface area contributed by atoms with Gasteiger partial charge in [0, 0.05) is 18.8 Å². The average Bonchev–Trinajstić information content (AvgIpc) is 2.46. The summed E-state index contributed by atoms with van der Waals surface area (Å²) in [5, 5.41) is 3.45. The van der Waals surface area contributed by atoms with Crippen LogP contribution in [0.1, 0.15) is 24.0 Å². The fraction of sp³-hybridized carbons (Fsp3) is 0.250. The molecule has 0 bridgehead atoms. The Kier molecular flexibility index (Phi) is 4.37. The summed E-state index contributed by atoms with van der Waals surface area (Å²) in [6.07, 6.45) is 0. The Hall–Kier alpha value is -1.80. The van der Waals surface area contributed by atoms with Gasteiger partial charge in [0.1, 0.15) is 0 Å². The highest BCUT2D eigenvalue weighted by Crippen LogP contribution is 2.16. The highest BCUT2D eigenvalue weighted by Gasteiger charge is 2.04. The Morgan fingerprint density at radius 3 is 2.28 bits per heavy atom. The van der Waals surface area contributed by atoms with Crippen LogP contribution in [0.3, 0.4) is 0 Å². The lowest BCUT2D eigenvalue weighted by molar-refractivity contribution is 0.805. The van der Waals surface area contributed by atoms with Crippen molar-refractivity contribution in [2.45, 2.75) is 19.4 Å². The van der Waals surface area contributed by atoms with Gasteiger partial charge < -0.3 is 11.1 Å². The summed E-state index contributed by atoms with van der Waals surface area (Å²) in [7, 11) is 0. The van der Waals surface area contributed by atoms with E-state index in [-0.39, 0.29) is 0 Å². The van der Waals surface area contributed by atoms with E-state index in [0.29, 0.717) is 12.5 Å². The molecule has 0 saturated carbocycles. The Balaban J connectivity index is 1.91. The van der Waals surface area contributed by atoms with Crippen LogP contribution in [0.25, 0.3) is 0 Å². The van der Waals surface area contributed by atoms with Crippen molar-refractivity contribution in [3.05, 3.63) is 65.7 Å². The SMILES string of the molecule is CC(CNc1ccc(CN)cc1)c1ccccc1. The lowest BCUT2D eigenvalue weighted by Gasteiger charge is -2.14. The molecule has 2 nitrogen and oxygen atoms in total. The van der Waals surface area contributed by atoms with Gasteiger partial charge in [0.2, 0.25) is 0 Å². The van der Waals surface area contributed by atoms with Gasteiger partial charge in [0.05, 0.1) is 0 Å². The first-order valence-corrected chi connectivity index (χ1v) is 6.37. The van der Waals surface area contributed by atoms with E-state index in [2.05, 4.69) is 66.8 Å². The molecule has 0 fully saturated rings. The van der Waals surface area contributed by atoms with Crippen molar-refractivity contribution in [3.8, 4) is 0 Å². The molecule has 1 atom stereocenters. The number of benzene rings is 2. The molecule has 0 amide bonds. The molecule has 2 aromatic carbocycles. The number of anilines is 1. The highest BCUT2D eigenvalue weighted by molar-refractivity contribution is 5.45. The van der Waals surface area contributed by atoms with Crippen molar-refractivity contribution in [2.24, 2.45) is 5.73 Å². The van der Waals surface area contributed by atoms with E-state index < -0.39 is 0 Å². The second-order valence-electron chi connectivity index (χ2n) is 4.59. The van der Waals surface area contributed by atoms with Gasteiger partial charge in [-0.2, -0.15) is 0 Å². The molecule has 0 aromatic heterocycles. The molecule has 18 heavy (non-hydrogen) atoms. The molecule has 0 saturated heterocycles. The first kappa shape index (κ1) is 12.7. The third-order valence-corrected chi connectivity index (χ3v) is 3.17. The number of hydrogen-bond donors (Lipinski definition) is 2. The highest BCUT2D eigenvalue weighted by atomic mass is 14.9. The first-order valence-electron chi connectivity index (χ1n) is 6.37. The van der Waals surface area contributed by atoms with Crippen molar-refractivity contribution < 1.29 is 0 Å². The van der Waals surface area contributed by atoms with Gasteiger partial charge in [-0.25, -0.2) is 0 Å². The van der Waals surface area contributed by atoms with Crippen LogP contribution in [0.2, 0.25) is 0 Å². The van der Waals surface area contributed by atoms with Gasteiger partial charge >= 0.3 is 0 Å². The molecule has 0 radical (unpaired) electrons. The van der Waals surface area contributed by atoms with E-state index in [1.54, 1.807) is 0 Å². The number of rotatable bonds is 5. The standard InChI is InChI=1S/C16H20N2/c1-13(15-5-3-2-4-6-15)12-18-16-9-7-14(11-17)8-10-16/h2-10,13,18H,11-12,17H2,1H3. The van der Waals surface area contributed by atoms with Crippen molar-refractivity contribution in [1.29, 1.82) is 0 Å². The van der Waals surface area contributed by atoms with E-state index >= 15 is 0 Å². The predicted molar refractivity (Wildman–Crippen MR) is 77.7 cm³/mol. The third kappa shape index (κ3) is 3.34. The van der Waals surface area contributed by atoms with Crippen LogP contribution in [0.5, 0.6) is 0 Å². The van der Waals surface area contributed by atoms with Crippen LogP contribution in [0.15, 0.2) is 54.6 Å². The molecule has 0 aliphatic rings. The lowest BCUT2D eigenvalue weighted by Crippen LogP contribution is -2.09. The molecule has 3 N–H and O–H groups in total. The zero-order valence-electron chi connectivity index (χ0n) is 10.8. The third-order valence-electron chi connectivity index (χ3n) is 3.17. The van der Waals surface area contributed by atoms with Crippen LogP contribution >= 0.6 is 0 Å². The van der Waals surface area contributed by atoms with E-state index in [0.717, 1.165) is 17.8 Å². The first-order chi connectivity index (χ1) is 8.79. The monoisotopic (exact) mass is 240 g/mol. The minimum absolute atomic E-state index is 0.500. The minimum atomic E-state index is 0.500. The average molecular weight is 240 g/mol. The topological polar surface area (TPSA) is 38.0 Å². The minimum Gasteiger partial charge on any atom is -0.384 e. The van der Waals surface area contributed by atoms with Crippen LogP contribution < -0.4 is 11.1 Å². The quantitative estimate of drug-likeness (QED) is 0.841. The molecule has 94 valence electrons. The van der Waals surface area contributed by atoms with E-state index in [9.17, 15) is 0 Å². The smallest absolute Gasteiger partial charge is 0.0340 e. The lowest BCUT2D eigenvalue weighted by atomic mass is 10.0. The molecule has 2 heteroatoms. The number of nitrogens with two attached hydrogens (primary N) is 1. The summed E-state index contributed by atoms with van der Waals surface area (Å²) in [4.78, 5) is 0. The van der Waals surface area contributed by atoms with Gasteiger partial charge in [0.25, 0.3) is 0 Å². The van der Waals surface area contributed by atoms with Crippen molar-refractivity contribution in [3.63, 3.8) is 0 Å². The second-order valence-corrected chi connectivity index (χ2v) is 4.59. The van der Waals surface area contributed by atoms with Gasteiger partial charge in [0.15, 0.2) is 0 Å². The summed E-state index contributed by atoms with van der Waals surface area (Å²) in [5.41, 5.74) is 9.25. The molecule has 0 aliphatic heterocycles. The van der Waals surface area contributed by atoms with Crippen LogP contribution in [0, 0.1) is 0 Å². The Bertz CT molecular complexity index is 462.